The molecular formula is C18H11ClFN5O. The highest BCUT2D eigenvalue weighted by Gasteiger charge is 2.16. The van der Waals surface area contributed by atoms with Crippen LogP contribution in [0.25, 0.3) is 22.6 Å². The number of halogens is 2. The van der Waals surface area contributed by atoms with Gasteiger partial charge in [0, 0.05) is 18.0 Å². The summed E-state index contributed by atoms with van der Waals surface area (Å²) in [6.07, 6.45) is 3.04. The molecular weight excluding hydrogens is 357 g/mol. The zero-order valence-electron chi connectivity index (χ0n) is 13.2. The molecule has 0 spiro atoms. The quantitative estimate of drug-likeness (QED) is 0.535. The number of amides is 1. The zero-order chi connectivity index (χ0) is 18.1. The summed E-state index contributed by atoms with van der Waals surface area (Å²) in [5.41, 5.74) is 2.28. The molecule has 4 rings (SSSR count). The molecule has 128 valence electrons. The molecule has 1 amide bonds. The highest BCUT2D eigenvalue weighted by atomic mass is 35.5. The number of aromatic nitrogens is 4. The van der Waals surface area contributed by atoms with Gasteiger partial charge in [0.25, 0.3) is 5.91 Å². The van der Waals surface area contributed by atoms with Crippen molar-refractivity contribution in [1.29, 1.82) is 0 Å². The minimum Gasteiger partial charge on any atom is -0.323 e. The Balaban J connectivity index is 1.72. The van der Waals surface area contributed by atoms with Crippen LogP contribution in [0.3, 0.4) is 0 Å². The van der Waals surface area contributed by atoms with Crippen molar-refractivity contribution in [1.82, 2.24) is 19.9 Å². The molecule has 0 aliphatic rings. The van der Waals surface area contributed by atoms with Gasteiger partial charge >= 0.3 is 0 Å². The van der Waals surface area contributed by atoms with E-state index in [2.05, 4.69) is 25.3 Å². The first-order chi connectivity index (χ1) is 12.6. The van der Waals surface area contributed by atoms with Gasteiger partial charge in [-0.3, -0.25) is 4.79 Å². The number of rotatable bonds is 3. The second-order valence-electron chi connectivity index (χ2n) is 5.44. The third kappa shape index (κ3) is 3.00. The molecule has 26 heavy (non-hydrogen) atoms. The number of hydrogen-bond acceptors (Lipinski definition) is 4. The second-order valence-corrected chi connectivity index (χ2v) is 5.80. The molecule has 0 atom stereocenters. The Hall–Kier alpha value is -3.32. The Kier molecular flexibility index (Phi) is 4.06. The highest BCUT2D eigenvalue weighted by molar-refractivity contribution is 6.32. The number of hydrogen-bond donors (Lipinski definition) is 2. The van der Waals surface area contributed by atoms with Crippen LogP contribution < -0.4 is 5.32 Å². The smallest absolute Gasteiger partial charge is 0.258 e. The fourth-order valence-electron chi connectivity index (χ4n) is 2.51. The van der Waals surface area contributed by atoms with Crippen LogP contribution in [0.15, 0.2) is 54.9 Å². The molecule has 0 radical (unpaired) electrons. The summed E-state index contributed by atoms with van der Waals surface area (Å²) >= 11 is 5.98. The molecule has 8 heteroatoms. The molecule has 6 nitrogen and oxygen atoms in total. The number of anilines is 1. The van der Waals surface area contributed by atoms with E-state index >= 15 is 0 Å². The molecule has 0 saturated carbocycles. The standard InChI is InChI=1S/C18H11ClFN5O/c19-15-13(2-1-8-21-15)23-18(26)12-7-9-22-17-14(12)24-16(25-17)10-3-5-11(20)6-4-10/h1-9H,(H,23,26)(H,22,24,25). The topological polar surface area (TPSA) is 83.6 Å². The lowest BCUT2D eigenvalue weighted by molar-refractivity contribution is 0.102. The summed E-state index contributed by atoms with van der Waals surface area (Å²) in [4.78, 5) is 28.3. The molecule has 4 aromatic rings. The van der Waals surface area contributed by atoms with E-state index in [-0.39, 0.29) is 16.9 Å². The molecule has 1 aromatic carbocycles. The Labute approximate surface area is 152 Å². The van der Waals surface area contributed by atoms with Crippen molar-refractivity contribution in [2.24, 2.45) is 0 Å². The van der Waals surface area contributed by atoms with Crippen molar-refractivity contribution in [2.45, 2.75) is 0 Å². The van der Waals surface area contributed by atoms with E-state index in [0.29, 0.717) is 33.8 Å². The SMILES string of the molecule is O=C(Nc1cccnc1Cl)c1ccnc2[nH]c(-c3ccc(F)cc3)nc12. The van der Waals surface area contributed by atoms with E-state index in [9.17, 15) is 9.18 Å². The summed E-state index contributed by atoms with van der Waals surface area (Å²) in [7, 11) is 0. The van der Waals surface area contributed by atoms with E-state index in [0.717, 1.165) is 0 Å². The fourth-order valence-corrected chi connectivity index (χ4v) is 2.67. The van der Waals surface area contributed by atoms with E-state index < -0.39 is 0 Å². The van der Waals surface area contributed by atoms with Crippen LogP contribution >= 0.6 is 11.6 Å². The molecule has 3 aromatic heterocycles. The first-order valence-corrected chi connectivity index (χ1v) is 8.02. The third-order valence-corrected chi connectivity index (χ3v) is 4.06. The minimum absolute atomic E-state index is 0.195. The Morgan fingerprint density at radius 3 is 2.65 bits per heavy atom. The lowest BCUT2D eigenvalue weighted by atomic mass is 10.2. The normalized spacial score (nSPS) is 10.8. The number of imidazole rings is 1. The highest BCUT2D eigenvalue weighted by Crippen LogP contribution is 2.24. The van der Waals surface area contributed by atoms with Crippen LogP contribution in [0.5, 0.6) is 0 Å². The predicted octanol–water partition coefficient (Wildman–Crippen LogP) is 4.06. The van der Waals surface area contributed by atoms with Gasteiger partial charge in [0.05, 0.1) is 11.3 Å². The van der Waals surface area contributed by atoms with Crippen molar-refractivity contribution >= 4 is 34.4 Å². The fraction of sp³-hybridized carbons (Fsp3) is 0. The number of benzene rings is 1. The van der Waals surface area contributed by atoms with Crippen molar-refractivity contribution in [3.63, 3.8) is 0 Å². The average molecular weight is 368 g/mol. The van der Waals surface area contributed by atoms with E-state index in [1.807, 2.05) is 0 Å². The monoisotopic (exact) mass is 367 g/mol. The molecule has 0 bridgehead atoms. The van der Waals surface area contributed by atoms with Crippen molar-refractivity contribution in [2.75, 3.05) is 5.32 Å². The molecule has 0 fully saturated rings. The van der Waals surface area contributed by atoms with E-state index in [4.69, 9.17) is 11.6 Å². The van der Waals surface area contributed by atoms with Crippen LogP contribution in [-0.2, 0) is 0 Å². The lowest BCUT2D eigenvalue weighted by Crippen LogP contribution is -2.13. The Bertz CT molecular complexity index is 1110. The number of carbonyl (C=O) groups is 1. The maximum atomic E-state index is 13.1. The van der Waals surface area contributed by atoms with Crippen LogP contribution in [0.4, 0.5) is 10.1 Å². The number of pyridine rings is 2. The number of carbonyl (C=O) groups excluding carboxylic acids is 1. The van der Waals surface area contributed by atoms with Crippen molar-refractivity contribution < 1.29 is 9.18 Å². The first kappa shape index (κ1) is 16.2. The van der Waals surface area contributed by atoms with E-state index in [1.54, 1.807) is 30.3 Å². The van der Waals surface area contributed by atoms with Gasteiger partial charge in [-0.15, -0.1) is 0 Å². The maximum absolute atomic E-state index is 13.1. The molecule has 3 heterocycles. The molecule has 2 N–H and O–H groups in total. The molecule has 0 unspecified atom stereocenters. The summed E-state index contributed by atoms with van der Waals surface area (Å²) in [6, 6.07) is 10.8. The summed E-state index contributed by atoms with van der Waals surface area (Å²) < 4.78 is 13.1. The molecule has 0 aliphatic heterocycles. The largest absolute Gasteiger partial charge is 0.323 e. The van der Waals surface area contributed by atoms with Crippen LogP contribution in [0.1, 0.15) is 10.4 Å². The Morgan fingerprint density at radius 2 is 1.88 bits per heavy atom. The van der Waals surface area contributed by atoms with Crippen molar-refractivity contribution in [3.8, 4) is 11.4 Å². The average Bonchev–Trinajstić information content (AvgIpc) is 3.08. The Morgan fingerprint density at radius 1 is 1.08 bits per heavy atom. The summed E-state index contributed by atoms with van der Waals surface area (Å²) in [6.45, 7) is 0. The summed E-state index contributed by atoms with van der Waals surface area (Å²) in [5.74, 6) is -0.229. The number of aromatic amines is 1. The van der Waals surface area contributed by atoms with Gasteiger partial charge in [-0.05, 0) is 42.5 Å². The predicted molar refractivity (Wildman–Crippen MR) is 96.5 cm³/mol. The van der Waals surface area contributed by atoms with Gasteiger partial charge in [-0.2, -0.15) is 0 Å². The molecule has 0 aliphatic carbocycles. The van der Waals surface area contributed by atoms with Crippen LogP contribution in [-0.4, -0.2) is 25.8 Å². The minimum atomic E-state index is -0.385. The van der Waals surface area contributed by atoms with Gasteiger partial charge in [0.15, 0.2) is 10.8 Å². The molecule has 0 saturated heterocycles. The van der Waals surface area contributed by atoms with Gasteiger partial charge in [0.1, 0.15) is 17.2 Å². The van der Waals surface area contributed by atoms with Gasteiger partial charge in [-0.25, -0.2) is 19.3 Å². The lowest BCUT2D eigenvalue weighted by Gasteiger charge is -2.06. The van der Waals surface area contributed by atoms with Crippen molar-refractivity contribution in [3.05, 3.63) is 71.4 Å². The first-order valence-electron chi connectivity index (χ1n) is 7.64. The maximum Gasteiger partial charge on any atom is 0.258 e. The number of nitrogens with one attached hydrogen (secondary N) is 2. The third-order valence-electron chi connectivity index (χ3n) is 3.75. The van der Waals surface area contributed by atoms with Gasteiger partial charge in [0.2, 0.25) is 0 Å². The van der Waals surface area contributed by atoms with Gasteiger partial charge in [-0.1, -0.05) is 11.6 Å². The number of nitrogens with zero attached hydrogens (tertiary/aromatic N) is 3. The second kappa shape index (κ2) is 6.53. The van der Waals surface area contributed by atoms with E-state index in [1.165, 1.54) is 24.5 Å². The number of H-pyrrole nitrogens is 1. The zero-order valence-corrected chi connectivity index (χ0v) is 14.0. The number of fused-ring (bicyclic) bond motifs is 1. The summed E-state index contributed by atoms with van der Waals surface area (Å²) in [5, 5.41) is 2.91. The van der Waals surface area contributed by atoms with Crippen LogP contribution in [0.2, 0.25) is 5.15 Å². The van der Waals surface area contributed by atoms with Gasteiger partial charge < -0.3 is 10.3 Å². The van der Waals surface area contributed by atoms with Crippen LogP contribution in [0, 0.1) is 5.82 Å².